The van der Waals surface area contributed by atoms with E-state index in [-0.39, 0.29) is 5.91 Å². The molecule has 0 spiro atoms. The van der Waals surface area contributed by atoms with Crippen molar-refractivity contribution in [3.8, 4) is 11.8 Å². The highest BCUT2D eigenvalue weighted by Crippen LogP contribution is 2.16. The van der Waals surface area contributed by atoms with Gasteiger partial charge < -0.3 is 10.6 Å². The Morgan fingerprint density at radius 2 is 2.25 bits per heavy atom. The number of carbonyl (C=O) groups excluding carboxylic acids is 1. The molecule has 0 saturated heterocycles. The van der Waals surface area contributed by atoms with Crippen LogP contribution < -0.4 is 10.6 Å². The molecule has 1 aromatic carbocycles. The number of benzene rings is 1. The van der Waals surface area contributed by atoms with Gasteiger partial charge in [-0.3, -0.25) is 4.79 Å². The standard InChI is InChI=1S/C13H14N2O/c1-2-3-6-15-13(16)10-4-5-11-8-14-9-12(11)7-10/h4-5,7,14H,6,8-9H2,1H3,(H,15,16). The Morgan fingerprint density at radius 1 is 1.44 bits per heavy atom. The first kappa shape index (κ1) is 10.7. The molecule has 1 aliphatic rings. The van der Waals surface area contributed by atoms with Crippen LogP contribution in [0.2, 0.25) is 0 Å². The summed E-state index contributed by atoms with van der Waals surface area (Å²) >= 11 is 0. The second-order valence-electron chi connectivity index (χ2n) is 3.70. The molecule has 1 heterocycles. The van der Waals surface area contributed by atoms with E-state index in [1.807, 2.05) is 18.2 Å². The van der Waals surface area contributed by atoms with Gasteiger partial charge in [-0.2, -0.15) is 0 Å². The number of fused-ring (bicyclic) bond motifs is 1. The summed E-state index contributed by atoms with van der Waals surface area (Å²) in [5.74, 6) is 5.49. The van der Waals surface area contributed by atoms with Crippen molar-refractivity contribution in [1.82, 2.24) is 10.6 Å². The lowest BCUT2D eigenvalue weighted by atomic mass is 10.1. The van der Waals surface area contributed by atoms with Gasteiger partial charge in [0.25, 0.3) is 5.91 Å². The lowest BCUT2D eigenvalue weighted by Crippen LogP contribution is -2.23. The van der Waals surface area contributed by atoms with E-state index in [1.165, 1.54) is 11.1 Å². The van der Waals surface area contributed by atoms with Crippen LogP contribution in [0.5, 0.6) is 0 Å². The van der Waals surface area contributed by atoms with E-state index in [4.69, 9.17) is 0 Å². The van der Waals surface area contributed by atoms with Gasteiger partial charge in [-0.15, -0.1) is 5.92 Å². The molecule has 0 atom stereocenters. The van der Waals surface area contributed by atoms with Crippen molar-refractivity contribution in [1.29, 1.82) is 0 Å². The van der Waals surface area contributed by atoms with E-state index in [0.717, 1.165) is 13.1 Å². The van der Waals surface area contributed by atoms with Gasteiger partial charge in [0, 0.05) is 18.7 Å². The predicted molar refractivity (Wildman–Crippen MR) is 62.8 cm³/mol. The summed E-state index contributed by atoms with van der Waals surface area (Å²) in [5.41, 5.74) is 3.21. The van der Waals surface area contributed by atoms with Crippen LogP contribution in [0.4, 0.5) is 0 Å². The van der Waals surface area contributed by atoms with Crippen LogP contribution in [0.3, 0.4) is 0 Å². The number of nitrogens with one attached hydrogen (secondary N) is 2. The third-order valence-corrected chi connectivity index (χ3v) is 2.61. The Labute approximate surface area is 95.2 Å². The molecule has 1 aromatic rings. The molecular formula is C13H14N2O. The normalized spacial score (nSPS) is 12.6. The maximum atomic E-state index is 11.7. The van der Waals surface area contributed by atoms with Crippen LogP contribution in [-0.2, 0) is 13.1 Å². The summed E-state index contributed by atoms with van der Waals surface area (Å²) in [6.45, 7) is 3.92. The van der Waals surface area contributed by atoms with E-state index in [0.29, 0.717) is 12.1 Å². The summed E-state index contributed by atoms with van der Waals surface area (Å²) in [6, 6.07) is 5.82. The first-order chi connectivity index (χ1) is 7.81. The molecule has 82 valence electrons. The van der Waals surface area contributed by atoms with Crippen LogP contribution in [0, 0.1) is 11.8 Å². The number of hydrogen-bond acceptors (Lipinski definition) is 2. The number of carbonyl (C=O) groups is 1. The lowest BCUT2D eigenvalue weighted by molar-refractivity contribution is 0.0958. The molecule has 0 bridgehead atoms. The second-order valence-corrected chi connectivity index (χ2v) is 3.70. The molecule has 1 aliphatic heterocycles. The minimum Gasteiger partial charge on any atom is -0.341 e. The molecule has 16 heavy (non-hydrogen) atoms. The highest BCUT2D eigenvalue weighted by molar-refractivity contribution is 5.94. The average Bonchev–Trinajstić information content (AvgIpc) is 2.76. The molecule has 1 amide bonds. The topological polar surface area (TPSA) is 41.1 Å². The predicted octanol–water partition coefficient (Wildman–Crippen LogP) is 1.04. The van der Waals surface area contributed by atoms with Crippen molar-refractivity contribution >= 4 is 5.91 Å². The van der Waals surface area contributed by atoms with Crippen molar-refractivity contribution < 1.29 is 4.79 Å². The Morgan fingerprint density at radius 3 is 3.06 bits per heavy atom. The summed E-state index contributed by atoms with van der Waals surface area (Å²) in [4.78, 5) is 11.7. The van der Waals surface area contributed by atoms with Gasteiger partial charge in [0.1, 0.15) is 0 Å². The molecule has 2 N–H and O–H groups in total. The molecule has 0 fully saturated rings. The fourth-order valence-electron chi connectivity index (χ4n) is 1.75. The van der Waals surface area contributed by atoms with Crippen LogP contribution in [0.1, 0.15) is 28.4 Å². The largest absolute Gasteiger partial charge is 0.341 e. The van der Waals surface area contributed by atoms with Gasteiger partial charge in [0.05, 0.1) is 6.54 Å². The van der Waals surface area contributed by atoms with Crippen molar-refractivity contribution in [2.24, 2.45) is 0 Å². The quantitative estimate of drug-likeness (QED) is 0.722. The Bertz CT molecular complexity index is 469. The van der Waals surface area contributed by atoms with E-state index in [2.05, 4.69) is 22.5 Å². The van der Waals surface area contributed by atoms with Crippen LogP contribution in [0.25, 0.3) is 0 Å². The maximum Gasteiger partial charge on any atom is 0.252 e. The molecule has 0 saturated carbocycles. The minimum atomic E-state index is -0.0579. The smallest absolute Gasteiger partial charge is 0.252 e. The fourth-order valence-corrected chi connectivity index (χ4v) is 1.75. The van der Waals surface area contributed by atoms with Crippen LogP contribution in [0.15, 0.2) is 18.2 Å². The van der Waals surface area contributed by atoms with Crippen LogP contribution in [-0.4, -0.2) is 12.5 Å². The van der Waals surface area contributed by atoms with Gasteiger partial charge in [0.2, 0.25) is 0 Å². The van der Waals surface area contributed by atoms with Gasteiger partial charge in [-0.1, -0.05) is 12.0 Å². The highest BCUT2D eigenvalue weighted by Gasteiger charge is 2.12. The Balaban J connectivity index is 2.08. The minimum absolute atomic E-state index is 0.0579. The van der Waals surface area contributed by atoms with Gasteiger partial charge >= 0.3 is 0 Å². The number of amides is 1. The van der Waals surface area contributed by atoms with E-state index in [9.17, 15) is 4.79 Å². The summed E-state index contributed by atoms with van der Waals surface area (Å²) in [5, 5.41) is 6.01. The molecule has 0 aromatic heterocycles. The Hall–Kier alpha value is -1.79. The molecule has 0 unspecified atom stereocenters. The fraction of sp³-hybridized carbons (Fsp3) is 0.308. The first-order valence-corrected chi connectivity index (χ1v) is 5.31. The van der Waals surface area contributed by atoms with Gasteiger partial charge in [0.15, 0.2) is 0 Å². The van der Waals surface area contributed by atoms with Crippen molar-refractivity contribution in [3.63, 3.8) is 0 Å². The zero-order valence-electron chi connectivity index (χ0n) is 9.26. The molecule has 0 radical (unpaired) electrons. The molecule has 3 heteroatoms. The first-order valence-electron chi connectivity index (χ1n) is 5.31. The van der Waals surface area contributed by atoms with Gasteiger partial charge in [-0.05, 0) is 30.2 Å². The SMILES string of the molecule is CC#CCNC(=O)c1ccc2c(c1)CNC2. The van der Waals surface area contributed by atoms with Crippen molar-refractivity contribution in [2.45, 2.75) is 20.0 Å². The maximum absolute atomic E-state index is 11.7. The van der Waals surface area contributed by atoms with E-state index in [1.54, 1.807) is 6.92 Å². The number of rotatable bonds is 2. The average molecular weight is 214 g/mol. The van der Waals surface area contributed by atoms with Crippen molar-refractivity contribution in [2.75, 3.05) is 6.54 Å². The van der Waals surface area contributed by atoms with Crippen LogP contribution >= 0.6 is 0 Å². The molecular weight excluding hydrogens is 200 g/mol. The second kappa shape index (κ2) is 4.82. The molecule has 3 nitrogen and oxygen atoms in total. The third kappa shape index (κ3) is 2.23. The van der Waals surface area contributed by atoms with E-state index < -0.39 is 0 Å². The highest BCUT2D eigenvalue weighted by atomic mass is 16.1. The zero-order valence-corrected chi connectivity index (χ0v) is 9.26. The summed E-state index contributed by atoms with van der Waals surface area (Å²) in [7, 11) is 0. The van der Waals surface area contributed by atoms with Gasteiger partial charge in [-0.25, -0.2) is 0 Å². The lowest BCUT2D eigenvalue weighted by Gasteiger charge is -2.03. The molecule has 0 aliphatic carbocycles. The zero-order chi connectivity index (χ0) is 11.4. The monoisotopic (exact) mass is 214 g/mol. The summed E-state index contributed by atoms with van der Waals surface area (Å²) < 4.78 is 0. The molecule has 2 rings (SSSR count). The summed E-state index contributed by atoms with van der Waals surface area (Å²) in [6.07, 6.45) is 0. The van der Waals surface area contributed by atoms with E-state index >= 15 is 0 Å². The van der Waals surface area contributed by atoms with Crippen molar-refractivity contribution in [3.05, 3.63) is 34.9 Å². The number of hydrogen-bond donors (Lipinski definition) is 2. The Kier molecular flexibility index (Phi) is 3.23. The third-order valence-electron chi connectivity index (χ3n) is 2.61.